The van der Waals surface area contributed by atoms with Crippen molar-refractivity contribution in [3.05, 3.63) is 59.8 Å². The summed E-state index contributed by atoms with van der Waals surface area (Å²) >= 11 is 7.83. The molecule has 9 nitrogen and oxygen atoms in total. The zero-order valence-corrected chi connectivity index (χ0v) is 25.7. The number of nitrogens with one attached hydrogen (secondary N) is 1. The van der Waals surface area contributed by atoms with Crippen molar-refractivity contribution in [2.75, 3.05) is 50.2 Å². The predicted octanol–water partition coefficient (Wildman–Crippen LogP) is 6.73. The number of rotatable bonds is 10. The van der Waals surface area contributed by atoms with Crippen molar-refractivity contribution in [3.63, 3.8) is 0 Å². The average Bonchev–Trinajstić information content (AvgIpc) is 3.39. The summed E-state index contributed by atoms with van der Waals surface area (Å²) in [4.78, 5) is 31.6. The topological polar surface area (TPSA) is 109 Å². The Morgan fingerprint density at radius 3 is 2.67 bits per heavy atom. The first-order chi connectivity index (χ1) is 20.3. The van der Waals surface area contributed by atoms with Crippen molar-refractivity contribution in [1.82, 2.24) is 19.9 Å². The van der Waals surface area contributed by atoms with Crippen molar-refractivity contribution in [2.24, 2.45) is 5.92 Å². The monoisotopic (exact) mass is 605 g/mol. The van der Waals surface area contributed by atoms with Crippen LogP contribution in [0.4, 0.5) is 22.5 Å². The first kappa shape index (κ1) is 29.8. The minimum atomic E-state index is 0.0894. The molecule has 0 atom stereocenters. The van der Waals surface area contributed by atoms with Crippen molar-refractivity contribution in [2.45, 2.75) is 32.1 Å². The fourth-order valence-corrected chi connectivity index (χ4v) is 6.09. The van der Waals surface area contributed by atoms with Crippen LogP contribution in [0.5, 0.6) is 5.75 Å². The molecule has 0 bridgehead atoms. The van der Waals surface area contributed by atoms with Gasteiger partial charge < -0.3 is 25.6 Å². The van der Waals surface area contributed by atoms with Gasteiger partial charge in [-0.3, -0.25) is 4.79 Å². The molecule has 1 saturated carbocycles. The third-order valence-electron chi connectivity index (χ3n) is 7.31. The van der Waals surface area contributed by atoms with Crippen LogP contribution < -0.4 is 20.7 Å². The number of carbonyl (C=O) groups excluding carboxylic acids is 1. The molecule has 3 N–H and O–H groups in total. The number of aromatic nitrogens is 3. The van der Waals surface area contributed by atoms with Crippen molar-refractivity contribution >= 4 is 51.3 Å². The van der Waals surface area contributed by atoms with Crippen LogP contribution in [0.2, 0.25) is 5.02 Å². The number of hydrogen-bond donors (Lipinski definition) is 2. The molecular weight excluding hydrogens is 570 g/mol. The number of nitrogen functional groups attached to an aromatic ring is 1. The molecule has 0 spiro atoms. The lowest BCUT2D eigenvalue weighted by atomic mass is 9.88. The largest absolute Gasteiger partial charge is 0.491 e. The van der Waals surface area contributed by atoms with Gasteiger partial charge in [0.2, 0.25) is 11.9 Å². The second kappa shape index (κ2) is 13.5. The number of thiazole rings is 1. The van der Waals surface area contributed by atoms with E-state index in [1.165, 1.54) is 17.8 Å². The lowest BCUT2D eigenvalue weighted by Crippen LogP contribution is -2.33. The smallest absolute Gasteiger partial charge is 0.229 e. The quantitative estimate of drug-likeness (QED) is 0.205. The normalized spacial score (nSPS) is 13.7. The number of nitrogens with zero attached hydrogens (tertiary/aromatic N) is 5. The minimum Gasteiger partial charge on any atom is -0.491 e. The SMILES string of the molecule is CN(C)CCOc1ccc(Nc2nccc(-c3sc(N)nc3-c3cccc(N(C)C(=O)C4CCCCC4)c3)n2)cc1Cl. The molecule has 11 heteroatoms. The standard InChI is InChI=1S/C31H36ClN7O2S/c1-38(2)16-17-41-26-13-12-22(19-24(26)32)35-31-34-15-14-25(36-31)28-27(37-30(33)42-28)21-10-7-11-23(18-21)39(3)29(40)20-8-5-4-6-9-20/h7,10-15,18-20H,4-6,8-9,16-17H2,1-3H3,(H2,33,37)(H,34,35,36). The van der Waals surface area contributed by atoms with Gasteiger partial charge in [0.15, 0.2) is 5.13 Å². The van der Waals surface area contributed by atoms with Gasteiger partial charge >= 0.3 is 0 Å². The lowest BCUT2D eigenvalue weighted by molar-refractivity contribution is -0.123. The molecule has 1 aliphatic rings. The number of halogens is 1. The molecule has 0 radical (unpaired) electrons. The molecule has 2 aromatic carbocycles. The molecule has 5 rings (SSSR count). The van der Waals surface area contributed by atoms with Crippen molar-refractivity contribution in [3.8, 4) is 27.6 Å². The zero-order valence-electron chi connectivity index (χ0n) is 24.1. The van der Waals surface area contributed by atoms with Crippen molar-refractivity contribution in [1.29, 1.82) is 0 Å². The van der Waals surface area contributed by atoms with E-state index in [2.05, 4.69) is 15.3 Å². The van der Waals surface area contributed by atoms with Gasteiger partial charge in [-0.1, -0.05) is 54.3 Å². The van der Waals surface area contributed by atoms with E-state index in [-0.39, 0.29) is 11.8 Å². The minimum absolute atomic E-state index is 0.0894. The number of nitrogens with two attached hydrogens (primary N) is 1. The molecule has 4 aromatic rings. The van der Waals surface area contributed by atoms with Crippen LogP contribution >= 0.6 is 22.9 Å². The Balaban J connectivity index is 1.35. The molecule has 2 aromatic heterocycles. The number of anilines is 4. The summed E-state index contributed by atoms with van der Waals surface area (Å²) in [5.74, 6) is 1.29. The van der Waals surface area contributed by atoms with E-state index in [1.54, 1.807) is 17.2 Å². The first-order valence-corrected chi connectivity index (χ1v) is 15.3. The summed E-state index contributed by atoms with van der Waals surface area (Å²) in [5.41, 5.74) is 10.0. The number of amides is 1. The number of ether oxygens (including phenoxy) is 1. The van der Waals surface area contributed by atoms with E-state index in [9.17, 15) is 4.79 Å². The fraction of sp³-hybridized carbons (Fsp3) is 0.355. The van der Waals surface area contributed by atoms with Gasteiger partial charge in [0.1, 0.15) is 12.4 Å². The molecular formula is C31H36ClN7O2S. The molecule has 1 amide bonds. The van der Waals surface area contributed by atoms with Crippen LogP contribution in [0.3, 0.4) is 0 Å². The molecule has 42 heavy (non-hydrogen) atoms. The molecule has 0 unspecified atom stereocenters. The van der Waals surface area contributed by atoms with E-state index < -0.39 is 0 Å². The molecule has 220 valence electrons. The number of hydrogen-bond acceptors (Lipinski definition) is 9. The highest BCUT2D eigenvalue weighted by Gasteiger charge is 2.25. The van der Waals surface area contributed by atoms with Crippen LogP contribution in [0, 0.1) is 5.92 Å². The zero-order chi connectivity index (χ0) is 29.6. The van der Waals surface area contributed by atoms with Crippen LogP contribution in [-0.2, 0) is 4.79 Å². The molecule has 2 heterocycles. The summed E-state index contributed by atoms with van der Waals surface area (Å²) in [6, 6.07) is 15.2. The van der Waals surface area contributed by atoms with Crippen LogP contribution in [0.1, 0.15) is 32.1 Å². The Hall–Kier alpha value is -3.73. The van der Waals surface area contributed by atoms with Gasteiger partial charge in [-0.15, -0.1) is 0 Å². The van der Waals surface area contributed by atoms with E-state index in [1.807, 2.05) is 68.5 Å². The Kier molecular flexibility index (Phi) is 9.56. The molecule has 1 aliphatic carbocycles. The summed E-state index contributed by atoms with van der Waals surface area (Å²) in [6.45, 7) is 1.33. The van der Waals surface area contributed by atoms with Gasteiger partial charge in [-0.05, 0) is 63.3 Å². The second-order valence-electron chi connectivity index (χ2n) is 10.7. The fourth-order valence-electron chi connectivity index (χ4n) is 5.03. The van der Waals surface area contributed by atoms with Gasteiger partial charge in [0.05, 0.1) is 21.3 Å². The van der Waals surface area contributed by atoms with E-state index in [0.29, 0.717) is 39.8 Å². The van der Waals surface area contributed by atoms with Crippen LogP contribution in [0.15, 0.2) is 54.7 Å². The number of likely N-dealkylation sites (N-methyl/N-ethyl adjacent to an activating group) is 1. The molecule has 0 aliphatic heterocycles. The number of benzene rings is 2. The maximum Gasteiger partial charge on any atom is 0.229 e. The lowest BCUT2D eigenvalue weighted by Gasteiger charge is -2.26. The second-order valence-corrected chi connectivity index (χ2v) is 12.1. The highest BCUT2D eigenvalue weighted by Crippen LogP contribution is 2.39. The van der Waals surface area contributed by atoms with E-state index in [0.717, 1.165) is 54.0 Å². The Morgan fingerprint density at radius 1 is 1.10 bits per heavy atom. The molecule has 0 saturated heterocycles. The van der Waals surface area contributed by atoms with Crippen LogP contribution in [-0.4, -0.2) is 60.1 Å². The van der Waals surface area contributed by atoms with Gasteiger partial charge in [0, 0.05) is 42.6 Å². The third kappa shape index (κ3) is 7.18. The third-order valence-corrected chi connectivity index (χ3v) is 8.51. The first-order valence-electron chi connectivity index (χ1n) is 14.1. The van der Waals surface area contributed by atoms with E-state index >= 15 is 0 Å². The van der Waals surface area contributed by atoms with Gasteiger partial charge in [0.25, 0.3) is 0 Å². The predicted molar refractivity (Wildman–Crippen MR) is 172 cm³/mol. The van der Waals surface area contributed by atoms with Crippen LogP contribution in [0.25, 0.3) is 21.8 Å². The summed E-state index contributed by atoms with van der Waals surface area (Å²) in [5, 5.41) is 4.16. The number of carbonyl (C=O) groups is 1. The maximum absolute atomic E-state index is 13.2. The van der Waals surface area contributed by atoms with Gasteiger partial charge in [-0.2, -0.15) is 0 Å². The van der Waals surface area contributed by atoms with Gasteiger partial charge in [-0.25, -0.2) is 15.0 Å². The summed E-state index contributed by atoms with van der Waals surface area (Å²) < 4.78 is 5.78. The Bertz CT molecular complexity index is 1540. The van der Waals surface area contributed by atoms with E-state index in [4.69, 9.17) is 27.1 Å². The summed E-state index contributed by atoms with van der Waals surface area (Å²) in [6.07, 6.45) is 7.05. The maximum atomic E-state index is 13.2. The van der Waals surface area contributed by atoms with Crippen molar-refractivity contribution < 1.29 is 9.53 Å². The molecule has 1 fully saturated rings. The Labute approximate surface area is 255 Å². The highest BCUT2D eigenvalue weighted by molar-refractivity contribution is 7.19. The Morgan fingerprint density at radius 2 is 1.90 bits per heavy atom. The highest BCUT2D eigenvalue weighted by atomic mass is 35.5. The summed E-state index contributed by atoms with van der Waals surface area (Å²) in [7, 11) is 5.84. The average molecular weight is 606 g/mol.